The van der Waals surface area contributed by atoms with E-state index in [4.69, 9.17) is 14.2 Å². The first kappa shape index (κ1) is 21.0. The minimum Gasteiger partial charge on any atom is -0.494 e. The van der Waals surface area contributed by atoms with Gasteiger partial charge in [0.25, 0.3) is 5.69 Å². The average molecular weight is 397 g/mol. The Hall–Kier alpha value is -2.70. The van der Waals surface area contributed by atoms with Crippen molar-refractivity contribution < 1.29 is 19.1 Å². The zero-order valence-electron chi connectivity index (χ0n) is 16.5. The van der Waals surface area contributed by atoms with E-state index < -0.39 is 4.92 Å². The third-order valence-electron chi connectivity index (χ3n) is 4.61. The van der Waals surface area contributed by atoms with E-state index in [9.17, 15) is 10.1 Å². The van der Waals surface area contributed by atoms with Gasteiger partial charge in [-0.05, 0) is 54.7 Å². The molecular formula is C23H27NO5. The summed E-state index contributed by atoms with van der Waals surface area (Å²) in [5.74, 6) is 0.866. The summed E-state index contributed by atoms with van der Waals surface area (Å²) in [6.45, 7) is 3.13. The standard InChI is InChI=1S/C23H27NO5/c25-24(26)21-11-7-19(8-12-21)5-6-20-9-13-22(14-10-20)28-16-4-2-1-3-15-27-17-23-18-29-23/h5-14,23H,1-4,15-18H2/b6-5+. The van der Waals surface area contributed by atoms with Crippen molar-refractivity contribution in [1.29, 1.82) is 0 Å². The Morgan fingerprint density at radius 2 is 1.52 bits per heavy atom. The number of hydrogen-bond acceptors (Lipinski definition) is 5. The molecule has 2 aromatic rings. The molecule has 6 nitrogen and oxygen atoms in total. The molecule has 1 heterocycles. The van der Waals surface area contributed by atoms with Gasteiger partial charge in [0.1, 0.15) is 11.9 Å². The van der Waals surface area contributed by atoms with Crippen molar-refractivity contribution in [3.8, 4) is 5.75 Å². The van der Waals surface area contributed by atoms with Gasteiger partial charge in [-0.3, -0.25) is 10.1 Å². The van der Waals surface area contributed by atoms with Gasteiger partial charge in [0.05, 0.1) is 24.7 Å². The molecule has 0 aliphatic carbocycles. The molecule has 154 valence electrons. The second-order valence-corrected chi connectivity index (χ2v) is 7.04. The summed E-state index contributed by atoms with van der Waals surface area (Å²) in [6, 6.07) is 14.4. The molecule has 2 aromatic carbocycles. The second-order valence-electron chi connectivity index (χ2n) is 7.04. The Balaban J connectivity index is 1.29. The van der Waals surface area contributed by atoms with Crippen LogP contribution in [0.2, 0.25) is 0 Å². The summed E-state index contributed by atoms with van der Waals surface area (Å²) in [7, 11) is 0. The van der Waals surface area contributed by atoms with Crippen LogP contribution in [0, 0.1) is 10.1 Å². The zero-order chi connectivity index (χ0) is 20.3. The number of benzene rings is 2. The summed E-state index contributed by atoms with van der Waals surface area (Å²) in [4.78, 5) is 10.3. The lowest BCUT2D eigenvalue weighted by atomic mass is 10.1. The average Bonchev–Trinajstić information content (AvgIpc) is 3.56. The Bertz CT molecular complexity index is 782. The Morgan fingerprint density at radius 1 is 0.931 bits per heavy atom. The van der Waals surface area contributed by atoms with Gasteiger partial charge in [-0.1, -0.05) is 30.7 Å². The van der Waals surface area contributed by atoms with Gasteiger partial charge in [-0.25, -0.2) is 0 Å². The van der Waals surface area contributed by atoms with Gasteiger partial charge in [-0.2, -0.15) is 0 Å². The van der Waals surface area contributed by atoms with Gasteiger partial charge in [-0.15, -0.1) is 0 Å². The van der Waals surface area contributed by atoms with Crippen LogP contribution in [-0.4, -0.2) is 37.5 Å². The van der Waals surface area contributed by atoms with Crippen molar-refractivity contribution in [2.45, 2.75) is 31.8 Å². The lowest BCUT2D eigenvalue weighted by Gasteiger charge is -2.06. The lowest BCUT2D eigenvalue weighted by Crippen LogP contribution is -2.03. The predicted octanol–water partition coefficient (Wildman–Crippen LogP) is 5.12. The summed E-state index contributed by atoms with van der Waals surface area (Å²) in [6.07, 6.45) is 8.67. The summed E-state index contributed by atoms with van der Waals surface area (Å²) in [5.41, 5.74) is 2.06. The molecule has 1 atom stereocenters. The number of ether oxygens (including phenoxy) is 3. The fourth-order valence-corrected chi connectivity index (χ4v) is 2.80. The van der Waals surface area contributed by atoms with E-state index in [1.54, 1.807) is 12.1 Å². The monoisotopic (exact) mass is 397 g/mol. The van der Waals surface area contributed by atoms with Gasteiger partial charge < -0.3 is 14.2 Å². The maximum absolute atomic E-state index is 10.7. The van der Waals surface area contributed by atoms with Crippen LogP contribution in [0.3, 0.4) is 0 Å². The topological polar surface area (TPSA) is 74.1 Å². The van der Waals surface area contributed by atoms with Crippen molar-refractivity contribution in [2.24, 2.45) is 0 Å². The first-order valence-electron chi connectivity index (χ1n) is 10.1. The molecule has 0 saturated carbocycles. The number of nitro benzene ring substituents is 1. The molecule has 1 unspecified atom stereocenters. The van der Waals surface area contributed by atoms with E-state index in [1.165, 1.54) is 12.1 Å². The van der Waals surface area contributed by atoms with Crippen LogP contribution in [0.5, 0.6) is 5.75 Å². The molecule has 0 amide bonds. The molecule has 1 aliphatic rings. The number of epoxide rings is 1. The van der Waals surface area contributed by atoms with E-state index >= 15 is 0 Å². The first-order valence-corrected chi connectivity index (χ1v) is 10.1. The molecule has 0 N–H and O–H groups in total. The van der Waals surface area contributed by atoms with E-state index in [1.807, 2.05) is 36.4 Å². The van der Waals surface area contributed by atoms with E-state index in [0.29, 0.717) is 6.10 Å². The number of hydrogen-bond donors (Lipinski definition) is 0. The van der Waals surface area contributed by atoms with Crippen LogP contribution in [-0.2, 0) is 9.47 Å². The fourth-order valence-electron chi connectivity index (χ4n) is 2.80. The fraction of sp³-hybridized carbons (Fsp3) is 0.391. The molecule has 1 saturated heterocycles. The molecule has 0 aromatic heterocycles. The van der Waals surface area contributed by atoms with Crippen LogP contribution >= 0.6 is 0 Å². The third kappa shape index (κ3) is 8.05. The molecule has 29 heavy (non-hydrogen) atoms. The van der Waals surface area contributed by atoms with Crippen LogP contribution in [0.1, 0.15) is 36.8 Å². The smallest absolute Gasteiger partial charge is 0.269 e. The zero-order valence-corrected chi connectivity index (χ0v) is 16.5. The highest BCUT2D eigenvalue weighted by Crippen LogP contribution is 2.17. The minimum atomic E-state index is -0.396. The second kappa shape index (κ2) is 11.3. The minimum absolute atomic E-state index is 0.0978. The Labute approximate surface area is 171 Å². The molecule has 1 fully saturated rings. The molecule has 0 bridgehead atoms. The highest BCUT2D eigenvalue weighted by Gasteiger charge is 2.21. The largest absolute Gasteiger partial charge is 0.494 e. The number of unbranched alkanes of at least 4 members (excludes halogenated alkanes) is 3. The molecule has 6 heteroatoms. The van der Waals surface area contributed by atoms with Gasteiger partial charge in [0, 0.05) is 18.7 Å². The van der Waals surface area contributed by atoms with Crippen molar-refractivity contribution >= 4 is 17.8 Å². The quantitative estimate of drug-likeness (QED) is 0.154. The Kier molecular flexibility index (Phi) is 8.22. The normalized spacial score (nSPS) is 15.5. The van der Waals surface area contributed by atoms with Gasteiger partial charge in [0.15, 0.2) is 0 Å². The van der Waals surface area contributed by atoms with E-state index in [2.05, 4.69) is 0 Å². The predicted molar refractivity (Wildman–Crippen MR) is 113 cm³/mol. The third-order valence-corrected chi connectivity index (χ3v) is 4.61. The highest BCUT2D eigenvalue weighted by molar-refractivity contribution is 5.70. The number of non-ortho nitro benzene ring substituents is 1. The van der Waals surface area contributed by atoms with Gasteiger partial charge in [0.2, 0.25) is 0 Å². The first-order chi connectivity index (χ1) is 14.2. The van der Waals surface area contributed by atoms with Crippen molar-refractivity contribution in [1.82, 2.24) is 0 Å². The van der Waals surface area contributed by atoms with Gasteiger partial charge >= 0.3 is 0 Å². The maximum Gasteiger partial charge on any atom is 0.269 e. The Morgan fingerprint density at radius 3 is 2.10 bits per heavy atom. The van der Waals surface area contributed by atoms with E-state index in [-0.39, 0.29) is 5.69 Å². The SMILES string of the molecule is O=[N+]([O-])c1ccc(/C=C/c2ccc(OCCCCCCOCC3CO3)cc2)cc1. The van der Waals surface area contributed by atoms with Crippen LogP contribution in [0.25, 0.3) is 12.2 Å². The van der Waals surface area contributed by atoms with Crippen LogP contribution in [0.15, 0.2) is 48.5 Å². The van der Waals surface area contributed by atoms with Crippen LogP contribution in [0.4, 0.5) is 5.69 Å². The highest BCUT2D eigenvalue weighted by atomic mass is 16.6. The number of nitro groups is 1. The molecular weight excluding hydrogens is 370 g/mol. The van der Waals surface area contributed by atoms with Crippen LogP contribution < -0.4 is 4.74 Å². The lowest BCUT2D eigenvalue weighted by molar-refractivity contribution is -0.384. The molecule has 3 rings (SSSR count). The maximum atomic E-state index is 10.7. The van der Waals surface area contributed by atoms with Crippen molar-refractivity contribution in [3.05, 3.63) is 69.8 Å². The van der Waals surface area contributed by atoms with Crippen molar-refractivity contribution in [3.63, 3.8) is 0 Å². The molecule has 0 spiro atoms. The number of nitrogens with zero attached hydrogens (tertiary/aromatic N) is 1. The number of rotatable bonds is 13. The summed E-state index contributed by atoms with van der Waals surface area (Å²) in [5, 5.41) is 10.7. The molecule has 1 aliphatic heterocycles. The molecule has 0 radical (unpaired) electrons. The summed E-state index contributed by atoms with van der Waals surface area (Å²) < 4.78 is 16.4. The van der Waals surface area contributed by atoms with E-state index in [0.717, 1.165) is 69.0 Å². The summed E-state index contributed by atoms with van der Waals surface area (Å²) >= 11 is 0. The van der Waals surface area contributed by atoms with Crippen molar-refractivity contribution in [2.75, 3.05) is 26.4 Å².